The van der Waals surface area contributed by atoms with Gasteiger partial charge in [0.15, 0.2) is 0 Å². The van der Waals surface area contributed by atoms with Gasteiger partial charge in [-0.15, -0.1) is 0 Å². The van der Waals surface area contributed by atoms with Crippen molar-refractivity contribution in [2.24, 2.45) is 0 Å². The maximum absolute atomic E-state index is 13.3. The van der Waals surface area contributed by atoms with Gasteiger partial charge in [0.05, 0.1) is 0 Å². The molecule has 1 N–H and O–H groups in total. The fourth-order valence-electron chi connectivity index (χ4n) is 1.95. The van der Waals surface area contributed by atoms with Gasteiger partial charge in [0.1, 0.15) is 6.17 Å². The summed E-state index contributed by atoms with van der Waals surface area (Å²) in [5, 5.41) is 3.21. The predicted molar refractivity (Wildman–Crippen MR) is 62.8 cm³/mol. The summed E-state index contributed by atoms with van der Waals surface area (Å²) in [6, 6.07) is 0.0918. The lowest BCUT2D eigenvalue weighted by atomic mass is 10.1. The van der Waals surface area contributed by atoms with Crippen molar-refractivity contribution in [3.05, 3.63) is 12.2 Å². The molecule has 0 aliphatic carbocycles. The van der Waals surface area contributed by atoms with Crippen molar-refractivity contribution in [1.82, 2.24) is 10.2 Å². The molecule has 1 fully saturated rings. The highest BCUT2D eigenvalue weighted by atomic mass is 19.1. The second-order valence-electron chi connectivity index (χ2n) is 4.31. The van der Waals surface area contributed by atoms with Crippen LogP contribution >= 0.6 is 0 Å². The molecule has 0 aromatic rings. The number of hydrogen-bond donors (Lipinski definition) is 1. The van der Waals surface area contributed by atoms with E-state index in [1.54, 1.807) is 0 Å². The minimum Gasteiger partial charge on any atom is -0.311 e. The lowest BCUT2D eigenvalue weighted by Crippen LogP contribution is -2.33. The van der Waals surface area contributed by atoms with Gasteiger partial charge >= 0.3 is 0 Å². The molecular weight excluding hydrogens is 191 g/mol. The number of allylic oxidation sites excluding steroid dienone is 1. The molecule has 1 rings (SSSR count). The van der Waals surface area contributed by atoms with Gasteiger partial charge in [-0.25, -0.2) is 4.39 Å². The van der Waals surface area contributed by atoms with Crippen molar-refractivity contribution in [3.8, 4) is 0 Å². The zero-order valence-corrected chi connectivity index (χ0v) is 9.88. The Morgan fingerprint density at radius 2 is 2.27 bits per heavy atom. The molecule has 2 atom stereocenters. The molecule has 0 radical (unpaired) electrons. The predicted octanol–water partition coefficient (Wildman–Crippen LogP) is 1.97. The van der Waals surface area contributed by atoms with E-state index in [1.807, 2.05) is 6.92 Å². The second-order valence-corrected chi connectivity index (χ2v) is 4.31. The number of nitrogens with one attached hydrogen (secondary N) is 1. The molecule has 0 saturated carbocycles. The first-order valence-electron chi connectivity index (χ1n) is 5.91. The van der Waals surface area contributed by atoms with Crippen LogP contribution in [0.3, 0.4) is 0 Å². The van der Waals surface area contributed by atoms with Crippen molar-refractivity contribution in [1.29, 1.82) is 0 Å². The quantitative estimate of drug-likeness (QED) is 0.680. The number of halogens is 1. The molecule has 2 nitrogen and oxygen atoms in total. The zero-order valence-electron chi connectivity index (χ0n) is 9.88. The smallest absolute Gasteiger partial charge is 0.117 e. The van der Waals surface area contributed by atoms with Crippen molar-refractivity contribution < 1.29 is 4.39 Å². The summed E-state index contributed by atoms with van der Waals surface area (Å²) in [6.45, 7) is 4.92. The van der Waals surface area contributed by atoms with Gasteiger partial charge in [0, 0.05) is 12.6 Å². The zero-order chi connectivity index (χ0) is 11.1. The molecule has 0 aromatic heterocycles. The summed E-state index contributed by atoms with van der Waals surface area (Å²) in [4.78, 5) is 2.27. The summed E-state index contributed by atoms with van der Waals surface area (Å²) >= 11 is 0. The highest BCUT2D eigenvalue weighted by Crippen LogP contribution is 2.14. The molecule has 3 heteroatoms. The molecule has 1 aliphatic heterocycles. The molecule has 0 aromatic carbocycles. The first-order chi connectivity index (χ1) is 7.24. The van der Waals surface area contributed by atoms with E-state index in [-0.39, 0.29) is 6.04 Å². The fourth-order valence-corrected chi connectivity index (χ4v) is 1.95. The molecule has 88 valence electrons. The van der Waals surface area contributed by atoms with Crippen molar-refractivity contribution in [3.63, 3.8) is 0 Å². The van der Waals surface area contributed by atoms with Crippen molar-refractivity contribution in [2.45, 2.75) is 38.4 Å². The van der Waals surface area contributed by atoms with Crippen LogP contribution in [0.5, 0.6) is 0 Å². The third-order valence-electron chi connectivity index (χ3n) is 3.00. The van der Waals surface area contributed by atoms with E-state index < -0.39 is 6.17 Å². The van der Waals surface area contributed by atoms with E-state index in [1.165, 1.54) is 0 Å². The van der Waals surface area contributed by atoms with Gasteiger partial charge in [0.25, 0.3) is 0 Å². The number of alkyl halides is 1. The minimum atomic E-state index is -0.631. The molecule has 1 saturated heterocycles. The van der Waals surface area contributed by atoms with Crippen LogP contribution in [0.4, 0.5) is 4.39 Å². The van der Waals surface area contributed by atoms with Crippen molar-refractivity contribution >= 4 is 0 Å². The monoisotopic (exact) mass is 214 g/mol. The Balaban J connectivity index is 2.07. The first kappa shape index (κ1) is 12.7. The average molecular weight is 214 g/mol. The molecule has 0 spiro atoms. The van der Waals surface area contributed by atoms with Crippen LogP contribution in [0.1, 0.15) is 26.2 Å². The van der Waals surface area contributed by atoms with Crippen LogP contribution in [0.25, 0.3) is 0 Å². The Kier molecular flexibility index (Phi) is 5.88. The third kappa shape index (κ3) is 4.76. The van der Waals surface area contributed by atoms with Gasteiger partial charge in [0.2, 0.25) is 0 Å². The number of rotatable bonds is 6. The van der Waals surface area contributed by atoms with E-state index >= 15 is 0 Å². The van der Waals surface area contributed by atoms with Crippen LogP contribution in [-0.4, -0.2) is 43.8 Å². The summed E-state index contributed by atoms with van der Waals surface area (Å²) in [6.07, 6.45) is 6.31. The average Bonchev–Trinajstić information content (AvgIpc) is 2.61. The highest BCUT2D eigenvalue weighted by molar-refractivity contribution is 4.84. The lowest BCUT2D eigenvalue weighted by Gasteiger charge is -2.19. The van der Waals surface area contributed by atoms with E-state index in [0.29, 0.717) is 6.42 Å². The van der Waals surface area contributed by atoms with Gasteiger partial charge in [-0.2, -0.15) is 0 Å². The van der Waals surface area contributed by atoms with E-state index in [0.717, 1.165) is 32.5 Å². The molecule has 0 amide bonds. The van der Waals surface area contributed by atoms with E-state index in [2.05, 4.69) is 29.4 Å². The maximum Gasteiger partial charge on any atom is 0.117 e. The highest BCUT2D eigenvalue weighted by Gasteiger charge is 2.25. The number of hydrogen-bond acceptors (Lipinski definition) is 2. The Morgan fingerprint density at radius 3 is 2.87 bits per heavy atom. The summed E-state index contributed by atoms with van der Waals surface area (Å²) in [7, 11) is 2.10. The Morgan fingerprint density at radius 1 is 1.47 bits per heavy atom. The topological polar surface area (TPSA) is 15.3 Å². The van der Waals surface area contributed by atoms with Gasteiger partial charge < -0.3 is 10.2 Å². The fraction of sp³-hybridized carbons (Fsp3) is 0.833. The van der Waals surface area contributed by atoms with Crippen LogP contribution < -0.4 is 5.32 Å². The first-order valence-corrected chi connectivity index (χ1v) is 5.91. The normalized spacial score (nSPS) is 26.9. The molecular formula is C12H23FN2. The Hall–Kier alpha value is -0.410. The molecule has 0 bridgehead atoms. The molecule has 1 aliphatic rings. The van der Waals surface area contributed by atoms with Crippen LogP contribution in [0.2, 0.25) is 0 Å². The Bertz CT molecular complexity index is 194. The van der Waals surface area contributed by atoms with Crippen LogP contribution in [-0.2, 0) is 0 Å². The molecule has 1 heterocycles. The SMILES string of the molecule is C/C=C/CCN(C)CCC1NCCC1F. The van der Waals surface area contributed by atoms with E-state index in [9.17, 15) is 4.39 Å². The Labute approximate surface area is 92.5 Å². The van der Waals surface area contributed by atoms with Crippen LogP contribution in [0, 0.1) is 0 Å². The standard InChI is InChI=1S/C12H23FN2/c1-3-4-5-9-15(2)10-7-12-11(13)6-8-14-12/h3-4,11-12,14H,5-10H2,1-2H3/b4-3+. The minimum absolute atomic E-state index is 0.0918. The summed E-state index contributed by atoms with van der Waals surface area (Å²) in [5.74, 6) is 0. The van der Waals surface area contributed by atoms with Crippen LogP contribution in [0.15, 0.2) is 12.2 Å². The van der Waals surface area contributed by atoms with Gasteiger partial charge in [-0.3, -0.25) is 0 Å². The maximum atomic E-state index is 13.3. The van der Waals surface area contributed by atoms with Gasteiger partial charge in [-0.05, 0) is 46.3 Å². The summed E-state index contributed by atoms with van der Waals surface area (Å²) in [5.41, 5.74) is 0. The van der Waals surface area contributed by atoms with E-state index in [4.69, 9.17) is 0 Å². The molecule has 2 unspecified atom stereocenters. The van der Waals surface area contributed by atoms with Gasteiger partial charge in [-0.1, -0.05) is 12.2 Å². The lowest BCUT2D eigenvalue weighted by molar-refractivity contribution is 0.256. The molecule has 15 heavy (non-hydrogen) atoms. The van der Waals surface area contributed by atoms with Crippen molar-refractivity contribution in [2.75, 3.05) is 26.7 Å². The second kappa shape index (κ2) is 6.96. The third-order valence-corrected chi connectivity index (χ3v) is 3.00. The summed E-state index contributed by atoms with van der Waals surface area (Å²) < 4.78 is 13.3. The largest absolute Gasteiger partial charge is 0.311 e. The number of nitrogens with zero attached hydrogens (tertiary/aromatic N) is 1.